The van der Waals surface area contributed by atoms with Crippen molar-refractivity contribution in [3.05, 3.63) is 53.9 Å². The number of carbonyl (C=O) groups excluding carboxylic acids is 1. The molecule has 0 saturated carbocycles. The molecule has 2 rings (SSSR count). The fourth-order valence-electron chi connectivity index (χ4n) is 2.08. The minimum absolute atomic E-state index is 0.103. The number of hydrogen-bond acceptors (Lipinski definition) is 4. The molecule has 1 amide bonds. The van der Waals surface area contributed by atoms with Gasteiger partial charge in [-0.05, 0) is 17.7 Å². The highest BCUT2D eigenvalue weighted by molar-refractivity contribution is 5.95. The molecule has 0 aliphatic carbocycles. The molecule has 6 heteroatoms. The topological polar surface area (TPSA) is 88.5 Å². The number of aromatic nitrogens is 1. The van der Waals surface area contributed by atoms with E-state index >= 15 is 0 Å². The number of benzene rings is 1. The number of ether oxygens (including phenoxy) is 1. The molecule has 23 heavy (non-hydrogen) atoms. The van der Waals surface area contributed by atoms with Gasteiger partial charge in [0.25, 0.3) is 0 Å². The lowest BCUT2D eigenvalue weighted by Gasteiger charge is -2.08. The Hall–Kier alpha value is -2.73. The van der Waals surface area contributed by atoms with Gasteiger partial charge in [-0.15, -0.1) is 0 Å². The van der Waals surface area contributed by atoms with Crippen LogP contribution in [0.1, 0.15) is 22.5 Å². The van der Waals surface area contributed by atoms with E-state index < -0.39 is 5.97 Å². The lowest BCUT2D eigenvalue weighted by Crippen LogP contribution is -2.24. The van der Waals surface area contributed by atoms with Gasteiger partial charge in [0.2, 0.25) is 5.91 Å². The van der Waals surface area contributed by atoms with E-state index in [9.17, 15) is 14.7 Å². The normalized spacial score (nSPS) is 10.3. The zero-order chi connectivity index (χ0) is 16.7. The Kier molecular flexibility index (Phi) is 5.82. The predicted octanol–water partition coefficient (Wildman–Crippen LogP) is 2.10. The fourth-order valence-corrected chi connectivity index (χ4v) is 2.08. The van der Waals surface area contributed by atoms with Crippen molar-refractivity contribution in [3.63, 3.8) is 0 Å². The minimum Gasteiger partial charge on any atom is -0.478 e. The van der Waals surface area contributed by atoms with Crippen LogP contribution in [-0.2, 0) is 16.1 Å². The minimum atomic E-state index is -0.977. The highest BCUT2D eigenvalue weighted by Gasteiger charge is 2.11. The molecule has 0 fully saturated rings. The Bertz CT molecular complexity index is 683. The Labute approximate surface area is 134 Å². The number of aromatic carboxylic acids is 1. The SMILES string of the molecule is COCCC(=O)NCc1ccc(-c2ccccc2C(=O)O)cn1. The second-order valence-corrected chi connectivity index (χ2v) is 4.91. The number of pyridine rings is 1. The molecule has 0 spiro atoms. The summed E-state index contributed by atoms with van der Waals surface area (Å²) in [6.07, 6.45) is 1.92. The van der Waals surface area contributed by atoms with E-state index in [1.165, 1.54) is 0 Å². The zero-order valence-corrected chi connectivity index (χ0v) is 12.8. The highest BCUT2D eigenvalue weighted by atomic mass is 16.5. The average Bonchev–Trinajstić information content (AvgIpc) is 2.58. The Morgan fingerprint density at radius 3 is 2.65 bits per heavy atom. The molecule has 0 saturated heterocycles. The summed E-state index contributed by atoms with van der Waals surface area (Å²) in [5.74, 6) is -1.08. The third kappa shape index (κ3) is 4.62. The number of amides is 1. The average molecular weight is 314 g/mol. The van der Waals surface area contributed by atoms with Crippen LogP contribution in [0.2, 0.25) is 0 Å². The summed E-state index contributed by atoms with van der Waals surface area (Å²) in [5.41, 5.74) is 2.27. The van der Waals surface area contributed by atoms with Gasteiger partial charge in [-0.25, -0.2) is 4.79 Å². The van der Waals surface area contributed by atoms with Crippen LogP contribution in [0, 0.1) is 0 Å². The Balaban J connectivity index is 2.05. The summed E-state index contributed by atoms with van der Waals surface area (Å²) < 4.78 is 4.84. The molecular weight excluding hydrogens is 296 g/mol. The smallest absolute Gasteiger partial charge is 0.336 e. The van der Waals surface area contributed by atoms with E-state index in [0.717, 1.165) is 5.56 Å². The molecule has 2 aromatic rings. The molecule has 120 valence electrons. The molecule has 0 bridgehead atoms. The maximum absolute atomic E-state index is 11.5. The number of rotatable bonds is 7. The second kappa shape index (κ2) is 8.05. The van der Waals surface area contributed by atoms with Gasteiger partial charge in [-0.1, -0.05) is 24.3 Å². The van der Waals surface area contributed by atoms with Crippen LogP contribution in [0.5, 0.6) is 0 Å². The van der Waals surface area contributed by atoms with Crippen molar-refractivity contribution in [1.82, 2.24) is 10.3 Å². The number of carbonyl (C=O) groups is 2. The van der Waals surface area contributed by atoms with E-state index in [4.69, 9.17) is 4.74 Å². The Morgan fingerprint density at radius 2 is 2.00 bits per heavy atom. The molecule has 0 radical (unpaired) electrons. The highest BCUT2D eigenvalue weighted by Crippen LogP contribution is 2.23. The number of carboxylic acids is 1. The largest absolute Gasteiger partial charge is 0.478 e. The molecule has 1 heterocycles. The molecule has 0 atom stereocenters. The number of carboxylic acid groups (broad SMARTS) is 1. The van der Waals surface area contributed by atoms with Gasteiger partial charge in [-0.3, -0.25) is 9.78 Å². The van der Waals surface area contributed by atoms with E-state index in [1.54, 1.807) is 49.7 Å². The van der Waals surface area contributed by atoms with Gasteiger partial charge in [0.1, 0.15) is 0 Å². The van der Waals surface area contributed by atoms with Crippen LogP contribution in [0.25, 0.3) is 11.1 Å². The third-order valence-corrected chi connectivity index (χ3v) is 3.29. The quantitative estimate of drug-likeness (QED) is 0.817. The van der Waals surface area contributed by atoms with Crippen molar-refractivity contribution in [3.8, 4) is 11.1 Å². The number of nitrogens with zero attached hydrogens (tertiary/aromatic N) is 1. The molecule has 6 nitrogen and oxygen atoms in total. The fraction of sp³-hybridized carbons (Fsp3) is 0.235. The summed E-state index contributed by atoms with van der Waals surface area (Å²) in [6, 6.07) is 10.3. The van der Waals surface area contributed by atoms with Crippen molar-refractivity contribution < 1.29 is 19.4 Å². The monoisotopic (exact) mass is 314 g/mol. The number of nitrogens with one attached hydrogen (secondary N) is 1. The van der Waals surface area contributed by atoms with Crippen LogP contribution < -0.4 is 5.32 Å². The van der Waals surface area contributed by atoms with Crippen molar-refractivity contribution in [2.45, 2.75) is 13.0 Å². The van der Waals surface area contributed by atoms with Crippen molar-refractivity contribution >= 4 is 11.9 Å². The van der Waals surface area contributed by atoms with Crippen molar-refractivity contribution in [1.29, 1.82) is 0 Å². The summed E-state index contributed by atoms with van der Waals surface area (Å²) in [7, 11) is 1.54. The van der Waals surface area contributed by atoms with Crippen LogP contribution in [0.3, 0.4) is 0 Å². The summed E-state index contributed by atoms with van der Waals surface area (Å²) in [4.78, 5) is 27.0. The van der Waals surface area contributed by atoms with Gasteiger partial charge in [0, 0.05) is 25.3 Å². The molecule has 0 unspecified atom stereocenters. The molecule has 0 aliphatic heterocycles. The molecule has 1 aromatic heterocycles. The van der Waals surface area contributed by atoms with Crippen LogP contribution in [-0.4, -0.2) is 35.7 Å². The molecular formula is C17H18N2O4. The lowest BCUT2D eigenvalue weighted by atomic mass is 10.0. The van der Waals surface area contributed by atoms with Crippen LogP contribution in [0.15, 0.2) is 42.6 Å². The maximum atomic E-state index is 11.5. The van der Waals surface area contributed by atoms with E-state index in [1.807, 2.05) is 0 Å². The third-order valence-electron chi connectivity index (χ3n) is 3.29. The van der Waals surface area contributed by atoms with Crippen molar-refractivity contribution in [2.24, 2.45) is 0 Å². The first-order valence-corrected chi connectivity index (χ1v) is 7.15. The standard InChI is InChI=1S/C17H18N2O4/c1-23-9-8-16(20)19-11-13-7-6-12(10-18-13)14-4-2-3-5-15(14)17(21)22/h2-7,10H,8-9,11H2,1H3,(H,19,20)(H,21,22). The van der Waals surface area contributed by atoms with E-state index in [0.29, 0.717) is 30.8 Å². The molecule has 1 aromatic carbocycles. The van der Waals surface area contributed by atoms with Crippen LogP contribution in [0.4, 0.5) is 0 Å². The first kappa shape index (κ1) is 16.6. The van der Waals surface area contributed by atoms with Gasteiger partial charge in [0.15, 0.2) is 0 Å². The van der Waals surface area contributed by atoms with Crippen LogP contribution >= 0.6 is 0 Å². The summed E-state index contributed by atoms with van der Waals surface area (Å²) >= 11 is 0. The zero-order valence-electron chi connectivity index (χ0n) is 12.8. The van der Waals surface area contributed by atoms with E-state index in [2.05, 4.69) is 10.3 Å². The first-order chi connectivity index (χ1) is 11.1. The van der Waals surface area contributed by atoms with Gasteiger partial charge in [0.05, 0.1) is 24.4 Å². The molecule has 0 aliphatic rings. The maximum Gasteiger partial charge on any atom is 0.336 e. The van der Waals surface area contributed by atoms with E-state index in [-0.39, 0.29) is 11.5 Å². The number of methoxy groups -OCH3 is 1. The number of hydrogen-bond donors (Lipinski definition) is 2. The van der Waals surface area contributed by atoms with Gasteiger partial charge < -0.3 is 15.2 Å². The van der Waals surface area contributed by atoms with Gasteiger partial charge in [-0.2, -0.15) is 0 Å². The van der Waals surface area contributed by atoms with Gasteiger partial charge >= 0.3 is 5.97 Å². The predicted molar refractivity (Wildman–Crippen MR) is 85.0 cm³/mol. The summed E-state index contributed by atoms with van der Waals surface area (Å²) in [5, 5.41) is 12.0. The first-order valence-electron chi connectivity index (χ1n) is 7.15. The molecule has 2 N–H and O–H groups in total. The lowest BCUT2D eigenvalue weighted by molar-refractivity contribution is -0.122. The van der Waals surface area contributed by atoms with Crippen molar-refractivity contribution in [2.75, 3.05) is 13.7 Å². The summed E-state index contributed by atoms with van der Waals surface area (Å²) in [6.45, 7) is 0.702. The second-order valence-electron chi connectivity index (χ2n) is 4.91. The Morgan fingerprint density at radius 1 is 1.22 bits per heavy atom.